The van der Waals surface area contributed by atoms with E-state index >= 15 is 0 Å². The van der Waals surface area contributed by atoms with Crippen LogP contribution in [-0.4, -0.2) is 47.4 Å². The number of unbranched alkanes of at least 4 members (excludes halogenated alkanes) is 58. The van der Waals surface area contributed by atoms with Gasteiger partial charge in [0.2, 0.25) is 5.91 Å². The van der Waals surface area contributed by atoms with Crippen LogP contribution in [0.1, 0.15) is 431 Å². The maximum Gasteiger partial charge on any atom is 0.305 e. The summed E-state index contributed by atoms with van der Waals surface area (Å²) in [6, 6.07) is -0.627. The second-order valence-electron chi connectivity index (χ2n) is 26.7. The maximum absolute atomic E-state index is 12.6. The first-order valence-electron chi connectivity index (χ1n) is 38.8. The number of allylic oxidation sites excluding steroid dienone is 5. The van der Waals surface area contributed by atoms with Gasteiger partial charge in [0.15, 0.2) is 0 Å². The Bertz CT molecular complexity index is 1380. The molecule has 0 aromatic heterocycles. The molecule has 85 heavy (non-hydrogen) atoms. The summed E-state index contributed by atoms with van der Waals surface area (Å²) in [5.41, 5.74) is 0. The Kier molecular flexibility index (Phi) is 72.9. The number of amides is 1. The van der Waals surface area contributed by atoms with E-state index in [2.05, 4.69) is 43.5 Å². The zero-order chi connectivity index (χ0) is 61.3. The third-order valence-electron chi connectivity index (χ3n) is 18.2. The van der Waals surface area contributed by atoms with Crippen molar-refractivity contribution >= 4 is 11.9 Å². The van der Waals surface area contributed by atoms with Crippen LogP contribution in [-0.2, 0) is 14.3 Å². The quantitative estimate of drug-likeness (QED) is 0.0320. The van der Waals surface area contributed by atoms with Gasteiger partial charge >= 0.3 is 5.97 Å². The minimum absolute atomic E-state index is 0.00513. The Morgan fingerprint density at radius 3 is 0.929 bits per heavy atom. The molecule has 0 saturated carbocycles. The first kappa shape index (κ1) is 83.1. The summed E-state index contributed by atoms with van der Waals surface area (Å²) in [6.07, 6.45) is 96.9. The standard InChI is InChI=1S/C79H151NO5/c1-3-5-7-9-11-13-15-17-19-20-21-22-23-29-32-35-38-41-44-47-51-55-59-63-67-71-77(82)76(75-81)80-78(83)72-68-64-60-56-52-48-45-42-39-36-33-30-27-25-24-26-28-31-34-37-40-43-46-50-54-58-62-66-70-74-85-79(84)73-69-65-61-57-53-49-18-16-14-12-10-8-6-4-2/h10,12,16,18,67,71,76-77,81-82H,3-9,11,13-15,17,19-66,68-70,72-75H2,1-2H3,(H,80,83)/b12-10-,18-16-,71-67+. The van der Waals surface area contributed by atoms with Crippen LogP contribution in [0.15, 0.2) is 36.5 Å². The van der Waals surface area contributed by atoms with Crippen molar-refractivity contribution in [1.29, 1.82) is 0 Å². The van der Waals surface area contributed by atoms with E-state index in [0.29, 0.717) is 19.4 Å². The molecule has 0 fully saturated rings. The molecule has 0 aliphatic carbocycles. The Morgan fingerprint density at radius 1 is 0.329 bits per heavy atom. The van der Waals surface area contributed by atoms with Crippen molar-refractivity contribution < 1.29 is 24.5 Å². The fourth-order valence-corrected chi connectivity index (χ4v) is 12.2. The molecule has 1 amide bonds. The number of carbonyl (C=O) groups is 2. The lowest BCUT2D eigenvalue weighted by Gasteiger charge is -2.20. The van der Waals surface area contributed by atoms with Gasteiger partial charge in [-0.3, -0.25) is 9.59 Å². The molecular formula is C79H151NO5. The minimum atomic E-state index is -0.844. The van der Waals surface area contributed by atoms with Crippen LogP contribution in [0.4, 0.5) is 0 Å². The third kappa shape index (κ3) is 71.0. The van der Waals surface area contributed by atoms with Crippen LogP contribution in [0.3, 0.4) is 0 Å². The van der Waals surface area contributed by atoms with Crippen molar-refractivity contribution in [2.45, 2.75) is 443 Å². The van der Waals surface area contributed by atoms with Gasteiger partial charge in [-0.05, 0) is 57.8 Å². The number of aliphatic hydroxyl groups excluding tert-OH is 2. The average molecular weight is 1200 g/mol. The fraction of sp³-hybridized carbons (Fsp3) is 0.899. The summed E-state index contributed by atoms with van der Waals surface area (Å²) in [4.78, 5) is 24.6. The molecule has 0 aliphatic rings. The van der Waals surface area contributed by atoms with Crippen molar-refractivity contribution in [3.63, 3.8) is 0 Å². The summed E-state index contributed by atoms with van der Waals surface area (Å²) in [6.45, 7) is 4.90. The third-order valence-corrected chi connectivity index (χ3v) is 18.2. The van der Waals surface area contributed by atoms with Gasteiger partial charge in [-0.15, -0.1) is 0 Å². The number of carbonyl (C=O) groups excluding carboxylic acids is 2. The molecule has 0 saturated heterocycles. The Hall–Kier alpha value is -1.92. The molecule has 0 heterocycles. The van der Waals surface area contributed by atoms with E-state index in [9.17, 15) is 19.8 Å². The molecule has 3 N–H and O–H groups in total. The van der Waals surface area contributed by atoms with Crippen molar-refractivity contribution in [3.05, 3.63) is 36.5 Å². The highest BCUT2D eigenvalue weighted by Gasteiger charge is 2.18. The lowest BCUT2D eigenvalue weighted by molar-refractivity contribution is -0.143. The number of ether oxygens (including phenoxy) is 1. The summed E-state index contributed by atoms with van der Waals surface area (Å²) < 4.78 is 5.49. The summed E-state index contributed by atoms with van der Waals surface area (Å²) >= 11 is 0. The lowest BCUT2D eigenvalue weighted by atomic mass is 10.0. The van der Waals surface area contributed by atoms with Crippen molar-refractivity contribution in [2.75, 3.05) is 13.2 Å². The molecule has 6 heteroatoms. The number of aliphatic hydroxyl groups is 2. The van der Waals surface area contributed by atoms with E-state index in [1.165, 1.54) is 353 Å². The van der Waals surface area contributed by atoms with E-state index in [0.717, 1.165) is 51.4 Å². The molecule has 0 bridgehead atoms. The largest absolute Gasteiger partial charge is 0.466 e. The number of nitrogens with one attached hydrogen (secondary N) is 1. The summed E-state index contributed by atoms with van der Waals surface area (Å²) in [5, 5.41) is 23.3. The van der Waals surface area contributed by atoms with Crippen LogP contribution in [0.5, 0.6) is 0 Å². The van der Waals surface area contributed by atoms with E-state index in [4.69, 9.17) is 4.74 Å². The highest BCUT2D eigenvalue weighted by atomic mass is 16.5. The predicted octanol–water partition coefficient (Wildman–Crippen LogP) is 25.4. The van der Waals surface area contributed by atoms with Crippen LogP contribution in [0.25, 0.3) is 0 Å². The fourth-order valence-electron chi connectivity index (χ4n) is 12.2. The van der Waals surface area contributed by atoms with Gasteiger partial charge in [0.1, 0.15) is 0 Å². The molecule has 0 spiro atoms. The number of esters is 1. The summed E-state index contributed by atoms with van der Waals surface area (Å²) in [5.74, 6) is -0.0544. The Labute approximate surface area is 532 Å². The smallest absolute Gasteiger partial charge is 0.305 e. The zero-order valence-corrected chi connectivity index (χ0v) is 57.6. The Morgan fingerprint density at radius 2 is 0.600 bits per heavy atom. The van der Waals surface area contributed by atoms with E-state index in [1.54, 1.807) is 6.08 Å². The minimum Gasteiger partial charge on any atom is -0.466 e. The highest BCUT2D eigenvalue weighted by molar-refractivity contribution is 5.76. The topological polar surface area (TPSA) is 95.9 Å². The van der Waals surface area contributed by atoms with Gasteiger partial charge in [-0.2, -0.15) is 0 Å². The molecular weight excluding hydrogens is 1040 g/mol. The predicted molar refractivity (Wildman–Crippen MR) is 375 cm³/mol. The zero-order valence-electron chi connectivity index (χ0n) is 57.6. The van der Waals surface area contributed by atoms with Gasteiger partial charge in [0.05, 0.1) is 25.4 Å². The van der Waals surface area contributed by atoms with Crippen molar-refractivity contribution in [2.24, 2.45) is 0 Å². The number of hydrogen-bond acceptors (Lipinski definition) is 5. The van der Waals surface area contributed by atoms with Gasteiger partial charge in [0.25, 0.3) is 0 Å². The molecule has 2 unspecified atom stereocenters. The normalized spacial score (nSPS) is 12.7. The van der Waals surface area contributed by atoms with Crippen LogP contribution < -0.4 is 5.32 Å². The van der Waals surface area contributed by atoms with Crippen LogP contribution >= 0.6 is 0 Å². The molecule has 0 radical (unpaired) electrons. The van der Waals surface area contributed by atoms with E-state index in [1.807, 2.05) is 6.08 Å². The molecule has 0 aromatic rings. The van der Waals surface area contributed by atoms with E-state index < -0.39 is 12.1 Å². The first-order chi connectivity index (χ1) is 42.0. The molecule has 6 nitrogen and oxygen atoms in total. The monoisotopic (exact) mass is 1190 g/mol. The van der Waals surface area contributed by atoms with Gasteiger partial charge < -0.3 is 20.3 Å². The lowest BCUT2D eigenvalue weighted by Crippen LogP contribution is -2.45. The average Bonchev–Trinajstić information content (AvgIpc) is 3.51. The van der Waals surface area contributed by atoms with Gasteiger partial charge in [0, 0.05) is 12.8 Å². The Balaban J connectivity index is 3.37. The molecule has 0 aliphatic heterocycles. The number of hydrogen-bond donors (Lipinski definition) is 3. The number of rotatable bonds is 73. The van der Waals surface area contributed by atoms with E-state index in [-0.39, 0.29) is 18.5 Å². The van der Waals surface area contributed by atoms with Gasteiger partial charge in [-0.1, -0.05) is 397 Å². The first-order valence-corrected chi connectivity index (χ1v) is 38.8. The molecule has 2 atom stereocenters. The van der Waals surface area contributed by atoms with Crippen molar-refractivity contribution in [1.82, 2.24) is 5.32 Å². The van der Waals surface area contributed by atoms with Crippen LogP contribution in [0.2, 0.25) is 0 Å². The molecule has 0 rings (SSSR count). The molecule has 502 valence electrons. The highest BCUT2D eigenvalue weighted by Crippen LogP contribution is 2.20. The summed E-state index contributed by atoms with van der Waals surface area (Å²) in [7, 11) is 0. The van der Waals surface area contributed by atoms with Crippen molar-refractivity contribution in [3.8, 4) is 0 Å². The van der Waals surface area contributed by atoms with Crippen LogP contribution in [0, 0.1) is 0 Å². The SMILES string of the molecule is CCCC/C=C\C/C=C\CCCCCCCC(=O)OCCCCCCCCCCCCCCCCCCCCCCCCCCCCCCCC(=O)NC(CO)C(O)/C=C/CCCCCCCCCCCCCCCCCCCCCCCCC. The second kappa shape index (κ2) is 74.5. The molecule has 0 aromatic carbocycles. The second-order valence-corrected chi connectivity index (χ2v) is 26.7. The van der Waals surface area contributed by atoms with Gasteiger partial charge in [-0.25, -0.2) is 0 Å². The maximum atomic E-state index is 12.6.